The number of allylic oxidation sites excluding steroid dienone is 3. The van der Waals surface area contributed by atoms with Gasteiger partial charge in [-0.15, -0.1) is 0 Å². The van der Waals surface area contributed by atoms with Crippen LogP contribution >= 0.6 is 0 Å². The van der Waals surface area contributed by atoms with Crippen molar-refractivity contribution in [3.63, 3.8) is 0 Å². The molecule has 2 fully saturated rings. The van der Waals surface area contributed by atoms with Crippen LogP contribution in [0.3, 0.4) is 0 Å². The lowest BCUT2D eigenvalue weighted by Gasteiger charge is -2.59. The first-order chi connectivity index (χ1) is 14.1. The number of esters is 2. The van der Waals surface area contributed by atoms with Gasteiger partial charge >= 0.3 is 11.9 Å². The fourth-order valence-electron chi connectivity index (χ4n) is 6.03. The van der Waals surface area contributed by atoms with Crippen molar-refractivity contribution >= 4 is 11.9 Å². The van der Waals surface area contributed by atoms with E-state index in [4.69, 9.17) is 9.47 Å². The molecule has 5 aliphatic rings. The summed E-state index contributed by atoms with van der Waals surface area (Å²) < 4.78 is 12.0. The quantitative estimate of drug-likeness (QED) is 0.579. The molecule has 2 aromatic carbocycles. The lowest BCUT2D eigenvalue weighted by Crippen LogP contribution is -2.63. The maximum atomic E-state index is 13.0. The van der Waals surface area contributed by atoms with Crippen LogP contribution in [0.15, 0.2) is 72.8 Å². The molecule has 29 heavy (non-hydrogen) atoms. The highest BCUT2D eigenvalue weighted by Crippen LogP contribution is 2.67. The summed E-state index contributed by atoms with van der Waals surface area (Å²) in [5.74, 6) is -1.39. The molecule has 0 N–H and O–H groups in total. The van der Waals surface area contributed by atoms with Crippen molar-refractivity contribution in [1.82, 2.24) is 0 Å². The average molecular weight is 384 g/mol. The van der Waals surface area contributed by atoms with Gasteiger partial charge < -0.3 is 9.47 Å². The molecule has 4 nitrogen and oxygen atoms in total. The number of carbonyl (C=O) groups is 2. The first-order valence-corrected chi connectivity index (χ1v) is 10.1. The van der Waals surface area contributed by atoms with Gasteiger partial charge in [-0.2, -0.15) is 0 Å². The van der Waals surface area contributed by atoms with Crippen LogP contribution in [0.1, 0.15) is 22.6 Å². The van der Waals surface area contributed by atoms with Gasteiger partial charge in [-0.3, -0.25) is 9.59 Å². The number of aryl methyl sites for hydroxylation is 1. The molecule has 0 radical (unpaired) electrons. The van der Waals surface area contributed by atoms with Gasteiger partial charge in [-0.25, -0.2) is 0 Å². The van der Waals surface area contributed by atoms with Crippen molar-refractivity contribution in [3.05, 3.63) is 89.5 Å². The summed E-state index contributed by atoms with van der Waals surface area (Å²) in [6, 6.07) is 15.9. The van der Waals surface area contributed by atoms with Gasteiger partial charge in [-0.1, -0.05) is 66.3 Å². The second kappa shape index (κ2) is 5.69. The van der Waals surface area contributed by atoms with Crippen LogP contribution in [0.5, 0.6) is 5.75 Å². The van der Waals surface area contributed by atoms with Crippen molar-refractivity contribution in [2.24, 2.45) is 23.7 Å². The van der Waals surface area contributed by atoms with E-state index in [2.05, 4.69) is 18.2 Å². The minimum absolute atomic E-state index is 0.0478. The third-order valence-corrected chi connectivity index (χ3v) is 7.07. The highest BCUT2D eigenvalue weighted by molar-refractivity contribution is 5.99. The van der Waals surface area contributed by atoms with E-state index in [1.165, 1.54) is 0 Å². The minimum atomic E-state index is -0.972. The molecule has 6 unspecified atom stereocenters. The zero-order valence-corrected chi connectivity index (χ0v) is 15.9. The number of rotatable bonds is 2. The first kappa shape index (κ1) is 16.8. The molecule has 144 valence electrons. The zero-order valence-electron chi connectivity index (χ0n) is 15.9. The van der Waals surface area contributed by atoms with Gasteiger partial charge in [0.1, 0.15) is 11.7 Å². The highest BCUT2D eigenvalue weighted by atomic mass is 16.6. The Morgan fingerprint density at radius 1 is 0.897 bits per heavy atom. The molecule has 1 saturated heterocycles. The van der Waals surface area contributed by atoms with E-state index in [9.17, 15) is 9.59 Å². The maximum Gasteiger partial charge on any atom is 0.321 e. The molecule has 0 aromatic heterocycles. The van der Waals surface area contributed by atoms with Crippen LogP contribution in [0, 0.1) is 30.6 Å². The standard InChI is InChI=1S/C25H20O4/c1-14-10-12-15(13-11-14)29-25-18-8-4-2-6-16(18)20(17-7-3-5-9-19(17)25)21-22(25)24(27)28-23(21)26/h2-13,16,18,20-22H,1H3. The number of cyclic esters (lactones) is 2. The van der Waals surface area contributed by atoms with E-state index in [0.717, 1.165) is 16.7 Å². The summed E-state index contributed by atoms with van der Waals surface area (Å²) in [6.45, 7) is 2.02. The molecule has 7 rings (SSSR count). The largest absolute Gasteiger partial charge is 0.481 e. The Morgan fingerprint density at radius 2 is 1.66 bits per heavy atom. The van der Waals surface area contributed by atoms with E-state index in [1.54, 1.807) is 0 Å². The van der Waals surface area contributed by atoms with Gasteiger partial charge in [0.25, 0.3) is 0 Å². The Kier molecular flexibility index (Phi) is 3.29. The van der Waals surface area contributed by atoms with Crippen LogP contribution in [-0.4, -0.2) is 11.9 Å². The van der Waals surface area contributed by atoms with E-state index in [1.807, 2.05) is 61.5 Å². The summed E-state index contributed by atoms with van der Waals surface area (Å²) in [5.41, 5.74) is 2.25. The Labute approximate surface area is 168 Å². The lowest BCUT2D eigenvalue weighted by molar-refractivity contribution is -0.159. The Balaban J connectivity index is 1.65. The maximum absolute atomic E-state index is 13.0. The monoisotopic (exact) mass is 384 g/mol. The number of benzene rings is 2. The molecule has 4 aliphatic carbocycles. The number of hydrogen-bond acceptors (Lipinski definition) is 4. The molecule has 0 spiro atoms. The summed E-state index contributed by atoms with van der Waals surface area (Å²) in [5, 5.41) is 0. The van der Waals surface area contributed by atoms with Crippen LogP contribution in [-0.2, 0) is 19.9 Å². The van der Waals surface area contributed by atoms with E-state index < -0.39 is 29.4 Å². The lowest BCUT2D eigenvalue weighted by atomic mass is 9.46. The predicted molar refractivity (Wildman–Crippen MR) is 106 cm³/mol. The smallest absolute Gasteiger partial charge is 0.321 e. The molecule has 2 aromatic rings. The Bertz CT molecular complexity index is 1100. The topological polar surface area (TPSA) is 52.6 Å². The van der Waals surface area contributed by atoms with Crippen molar-refractivity contribution < 1.29 is 19.1 Å². The van der Waals surface area contributed by atoms with Gasteiger partial charge in [0.2, 0.25) is 0 Å². The van der Waals surface area contributed by atoms with Crippen molar-refractivity contribution in [2.75, 3.05) is 0 Å². The molecule has 1 heterocycles. The number of hydrogen-bond donors (Lipinski definition) is 0. The SMILES string of the molecule is Cc1ccc(OC23c4ccccc4C(C4C=CC=CC42)C2C(=O)OC(=O)C23)cc1. The van der Waals surface area contributed by atoms with E-state index in [-0.39, 0.29) is 17.8 Å². The van der Waals surface area contributed by atoms with Gasteiger partial charge in [-0.05, 0) is 30.5 Å². The fraction of sp³-hybridized carbons (Fsp3) is 0.280. The van der Waals surface area contributed by atoms with Crippen LogP contribution in [0.2, 0.25) is 0 Å². The number of carbonyl (C=O) groups excluding carboxylic acids is 2. The van der Waals surface area contributed by atoms with Crippen molar-refractivity contribution in [2.45, 2.75) is 18.4 Å². The first-order valence-electron chi connectivity index (χ1n) is 10.1. The fourth-order valence-corrected chi connectivity index (χ4v) is 6.03. The van der Waals surface area contributed by atoms with Crippen LogP contribution in [0.4, 0.5) is 0 Å². The second-order valence-electron chi connectivity index (χ2n) is 8.44. The Morgan fingerprint density at radius 3 is 2.48 bits per heavy atom. The molecule has 1 saturated carbocycles. The normalized spacial score (nSPS) is 35.7. The molecular weight excluding hydrogens is 364 g/mol. The zero-order chi connectivity index (χ0) is 19.8. The summed E-state index contributed by atoms with van der Waals surface area (Å²) in [6.07, 6.45) is 8.34. The number of ether oxygens (including phenoxy) is 2. The molecule has 6 atom stereocenters. The summed E-state index contributed by atoms with van der Waals surface area (Å²) in [4.78, 5) is 25.8. The highest BCUT2D eigenvalue weighted by Gasteiger charge is 2.72. The molecule has 4 heteroatoms. The second-order valence-corrected chi connectivity index (χ2v) is 8.44. The molecular formula is C25H20O4. The van der Waals surface area contributed by atoms with Crippen molar-refractivity contribution in [1.29, 1.82) is 0 Å². The van der Waals surface area contributed by atoms with E-state index in [0.29, 0.717) is 5.75 Å². The van der Waals surface area contributed by atoms with Crippen molar-refractivity contribution in [3.8, 4) is 5.75 Å². The van der Waals surface area contributed by atoms with E-state index >= 15 is 0 Å². The Hall–Kier alpha value is -3.14. The molecule has 0 amide bonds. The average Bonchev–Trinajstić information content (AvgIpc) is 3.05. The van der Waals surface area contributed by atoms with Crippen LogP contribution in [0.25, 0.3) is 0 Å². The van der Waals surface area contributed by atoms with Gasteiger partial charge in [0.15, 0.2) is 5.60 Å². The third-order valence-electron chi connectivity index (χ3n) is 7.07. The predicted octanol–water partition coefficient (Wildman–Crippen LogP) is 4.05. The minimum Gasteiger partial charge on any atom is -0.481 e. The van der Waals surface area contributed by atoms with Gasteiger partial charge in [0.05, 0.1) is 5.92 Å². The van der Waals surface area contributed by atoms with Gasteiger partial charge in [0, 0.05) is 17.4 Å². The molecule has 1 aliphatic heterocycles. The van der Waals surface area contributed by atoms with Crippen LogP contribution < -0.4 is 4.74 Å². The summed E-state index contributed by atoms with van der Waals surface area (Å²) in [7, 11) is 0. The third kappa shape index (κ3) is 2.04. The molecule has 2 bridgehead atoms. The summed E-state index contributed by atoms with van der Waals surface area (Å²) >= 11 is 0.